The summed E-state index contributed by atoms with van der Waals surface area (Å²) in [6.45, 7) is 4.07. The zero-order chi connectivity index (χ0) is 17.1. The molecule has 1 aliphatic heterocycles. The first-order valence-corrected chi connectivity index (χ1v) is 8.03. The minimum atomic E-state index is 0.00722. The van der Waals surface area contributed by atoms with Gasteiger partial charge in [-0.2, -0.15) is 5.10 Å². The molecular formula is C17H23N5O2. The average molecular weight is 329 g/mol. The number of carbonyl (C=O) groups is 1. The Morgan fingerprint density at radius 3 is 2.96 bits per heavy atom. The largest absolute Gasteiger partial charge is 0.373 e. The Hall–Kier alpha value is -2.41. The maximum absolute atomic E-state index is 12.3. The van der Waals surface area contributed by atoms with Crippen molar-refractivity contribution in [3.8, 4) is 0 Å². The molecule has 7 nitrogen and oxygen atoms in total. The van der Waals surface area contributed by atoms with Crippen LogP contribution in [-0.4, -0.2) is 57.8 Å². The van der Waals surface area contributed by atoms with E-state index < -0.39 is 0 Å². The van der Waals surface area contributed by atoms with Gasteiger partial charge in [0.05, 0.1) is 37.2 Å². The third-order valence-corrected chi connectivity index (χ3v) is 4.04. The fourth-order valence-corrected chi connectivity index (χ4v) is 2.92. The van der Waals surface area contributed by atoms with Gasteiger partial charge in [-0.1, -0.05) is 6.07 Å². The van der Waals surface area contributed by atoms with Gasteiger partial charge in [-0.15, -0.1) is 0 Å². The van der Waals surface area contributed by atoms with E-state index in [1.54, 1.807) is 25.2 Å². The molecule has 2 amide bonds. The molecule has 0 radical (unpaired) electrons. The molecule has 0 aliphatic carbocycles. The molecule has 0 spiro atoms. The quantitative estimate of drug-likeness (QED) is 0.859. The molecule has 1 atom stereocenters. The first-order valence-electron chi connectivity index (χ1n) is 8.03. The summed E-state index contributed by atoms with van der Waals surface area (Å²) in [4.78, 5) is 20.1. The molecule has 24 heavy (non-hydrogen) atoms. The molecule has 7 heteroatoms. The Kier molecular flexibility index (Phi) is 4.80. The lowest BCUT2D eigenvalue weighted by Gasteiger charge is -2.35. The van der Waals surface area contributed by atoms with E-state index in [9.17, 15) is 4.79 Å². The highest BCUT2D eigenvalue weighted by molar-refractivity contribution is 5.74. The average Bonchev–Trinajstić information content (AvgIpc) is 3.02. The molecule has 2 aromatic heterocycles. The highest BCUT2D eigenvalue weighted by Crippen LogP contribution is 2.21. The smallest absolute Gasteiger partial charge is 0.319 e. The Bertz CT molecular complexity index is 713. The minimum absolute atomic E-state index is 0.00722. The van der Waals surface area contributed by atoms with Crippen molar-refractivity contribution in [2.75, 3.05) is 27.2 Å². The second-order valence-electron chi connectivity index (χ2n) is 6.26. The van der Waals surface area contributed by atoms with E-state index in [1.807, 2.05) is 40.8 Å². The summed E-state index contributed by atoms with van der Waals surface area (Å²) in [6.07, 6.45) is 1.77. The fourth-order valence-electron chi connectivity index (χ4n) is 2.92. The Labute approximate surface area is 141 Å². The summed E-state index contributed by atoms with van der Waals surface area (Å²) in [7, 11) is 3.53. The van der Waals surface area contributed by atoms with Crippen molar-refractivity contribution in [1.82, 2.24) is 24.6 Å². The van der Waals surface area contributed by atoms with E-state index in [1.165, 1.54) is 0 Å². The van der Waals surface area contributed by atoms with E-state index in [4.69, 9.17) is 4.74 Å². The van der Waals surface area contributed by atoms with Crippen molar-refractivity contribution in [2.45, 2.75) is 26.1 Å². The van der Waals surface area contributed by atoms with Crippen LogP contribution < -0.4 is 0 Å². The van der Waals surface area contributed by atoms with E-state index >= 15 is 0 Å². The van der Waals surface area contributed by atoms with Gasteiger partial charge in [-0.3, -0.25) is 9.67 Å². The lowest BCUT2D eigenvalue weighted by Crippen LogP contribution is -2.46. The number of aromatic nitrogens is 3. The van der Waals surface area contributed by atoms with Crippen molar-refractivity contribution in [3.05, 3.63) is 47.5 Å². The maximum Gasteiger partial charge on any atom is 0.319 e. The third kappa shape index (κ3) is 3.56. The van der Waals surface area contributed by atoms with Crippen LogP contribution in [-0.2, 0) is 17.9 Å². The topological polar surface area (TPSA) is 63.5 Å². The van der Waals surface area contributed by atoms with Gasteiger partial charge in [-0.25, -0.2) is 4.79 Å². The van der Waals surface area contributed by atoms with Crippen LogP contribution in [0.2, 0.25) is 0 Å². The van der Waals surface area contributed by atoms with Gasteiger partial charge in [0.2, 0.25) is 0 Å². The summed E-state index contributed by atoms with van der Waals surface area (Å²) < 4.78 is 7.82. The molecule has 0 saturated carbocycles. The highest BCUT2D eigenvalue weighted by Gasteiger charge is 2.29. The highest BCUT2D eigenvalue weighted by atomic mass is 16.5. The van der Waals surface area contributed by atoms with E-state index in [0.29, 0.717) is 26.3 Å². The van der Waals surface area contributed by atoms with Gasteiger partial charge in [0.15, 0.2) is 0 Å². The predicted molar refractivity (Wildman–Crippen MR) is 89.4 cm³/mol. The van der Waals surface area contributed by atoms with E-state index in [-0.39, 0.29) is 12.1 Å². The van der Waals surface area contributed by atoms with Crippen LogP contribution in [0.15, 0.2) is 30.5 Å². The van der Waals surface area contributed by atoms with Gasteiger partial charge in [0.25, 0.3) is 0 Å². The van der Waals surface area contributed by atoms with Crippen LogP contribution in [0.4, 0.5) is 4.79 Å². The molecule has 0 aromatic carbocycles. The van der Waals surface area contributed by atoms with Crippen molar-refractivity contribution in [1.29, 1.82) is 0 Å². The number of carbonyl (C=O) groups excluding carboxylic acids is 1. The van der Waals surface area contributed by atoms with Crippen molar-refractivity contribution >= 4 is 6.03 Å². The molecule has 3 heterocycles. The van der Waals surface area contributed by atoms with Crippen molar-refractivity contribution in [2.24, 2.45) is 0 Å². The summed E-state index contributed by atoms with van der Waals surface area (Å²) in [5.74, 6) is 0. The van der Waals surface area contributed by atoms with Crippen molar-refractivity contribution in [3.63, 3.8) is 0 Å². The van der Waals surface area contributed by atoms with Crippen LogP contribution in [0, 0.1) is 6.92 Å². The molecule has 1 unspecified atom stereocenters. The summed E-state index contributed by atoms with van der Waals surface area (Å²) in [6, 6.07) is 7.86. The molecule has 0 bridgehead atoms. The summed E-state index contributed by atoms with van der Waals surface area (Å²) >= 11 is 0. The maximum atomic E-state index is 12.3. The normalized spacial score (nSPS) is 16.8. The van der Waals surface area contributed by atoms with Crippen LogP contribution >= 0.6 is 0 Å². The van der Waals surface area contributed by atoms with Crippen LogP contribution in [0.25, 0.3) is 0 Å². The van der Waals surface area contributed by atoms with Gasteiger partial charge in [0, 0.05) is 32.5 Å². The first-order chi connectivity index (χ1) is 11.5. The number of aryl methyl sites for hydroxylation is 1. The van der Waals surface area contributed by atoms with Crippen LogP contribution in [0.5, 0.6) is 0 Å². The number of rotatable bonds is 4. The summed E-state index contributed by atoms with van der Waals surface area (Å²) in [5, 5.41) is 4.39. The zero-order valence-corrected chi connectivity index (χ0v) is 14.3. The lowest BCUT2D eigenvalue weighted by atomic mass is 10.2. The molecule has 0 saturated heterocycles. The van der Waals surface area contributed by atoms with Crippen LogP contribution in [0.3, 0.4) is 0 Å². The number of pyridine rings is 1. The molecule has 0 fully saturated rings. The lowest BCUT2D eigenvalue weighted by molar-refractivity contribution is 0.0578. The van der Waals surface area contributed by atoms with E-state index in [0.717, 1.165) is 17.1 Å². The van der Waals surface area contributed by atoms with Gasteiger partial charge in [0.1, 0.15) is 0 Å². The standard InChI is InChI=1S/C17H23N5O2/c1-13-5-4-6-14(19-13)11-24-12-16-10-21(17(23)20(2)3)9-15-7-8-18-22(15)16/h4-8,16H,9-12H2,1-3H3. The Morgan fingerprint density at radius 1 is 1.38 bits per heavy atom. The molecule has 0 N–H and O–H groups in total. The number of nitrogens with zero attached hydrogens (tertiary/aromatic N) is 5. The number of urea groups is 1. The Balaban J connectivity index is 1.65. The molecule has 1 aliphatic rings. The number of amides is 2. The zero-order valence-electron chi connectivity index (χ0n) is 14.3. The monoisotopic (exact) mass is 329 g/mol. The second kappa shape index (κ2) is 7.00. The SMILES string of the molecule is Cc1cccc(COCC2CN(C(=O)N(C)C)Cc3ccnn32)n1. The van der Waals surface area contributed by atoms with E-state index in [2.05, 4.69) is 10.1 Å². The Morgan fingerprint density at radius 2 is 2.21 bits per heavy atom. The molecule has 3 rings (SSSR count). The molecular weight excluding hydrogens is 306 g/mol. The minimum Gasteiger partial charge on any atom is -0.373 e. The number of hydrogen-bond donors (Lipinski definition) is 0. The fraction of sp³-hybridized carbons (Fsp3) is 0.471. The van der Waals surface area contributed by atoms with Gasteiger partial charge >= 0.3 is 6.03 Å². The van der Waals surface area contributed by atoms with Crippen molar-refractivity contribution < 1.29 is 9.53 Å². The van der Waals surface area contributed by atoms with Crippen LogP contribution in [0.1, 0.15) is 23.1 Å². The van der Waals surface area contributed by atoms with Gasteiger partial charge < -0.3 is 14.5 Å². The number of fused-ring (bicyclic) bond motifs is 1. The first kappa shape index (κ1) is 16.4. The number of ether oxygens (including phenoxy) is 1. The van der Waals surface area contributed by atoms with Gasteiger partial charge in [-0.05, 0) is 25.1 Å². The molecule has 128 valence electrons. The predicted octanol–water partition coefficient (Wildman–Crippen LogP) is 1.84. The third-order valence-electron chi connectivity index (χ3n) is 4.04. The number of hydrogen-bond acceptors (Lipinski definition) is 4. The molecule has 2 aromatic rings. The second-order valence-corrected chi connectivity index (χ2v) is 6.26. The summed E-state index contributed by atoms with van der Waals surface area (Å²) in [5.41, 5.74) is 2.91.